The summed E-state index contributed by atoms with van der Waals surface area (Å²) in [6, 6.07) is 19.0. The molecule has 35 heavy (non-hydrogen) atoms. The molecule has 0 spiro atoms. The molecular weight excluding hydrogens is 574 g/mol. The fourth-order valence-electron chi connectivity index (χ4n) is 3.49. The second-order valence-corrected chi connectivity index (χ2v) is 10.9. The van der Waals surface area contributed by atoms with Crippen molar-refractivity contribution in [3.63, 3.8) is 0 Å². The van der Waals surface area contributed by atoms with E-state index in [1.807, 2.05) is 75.4 Å². The lowest BCUT2D eigenvalue weighted by Crippen LogP contribution is -2.29. The van der Waals surface area contributed by atoms with Gasteiger partial charge in [-0.15, -0.1) is 0 Å². The summed E-state index contributed by atoms with van der Waals surface area (Å²) >= 11 is 6.87. The Balaban J connectivity index is 1.66. The SMILES string of the molecule is COc1cc(C=Nn2c(C(C)(C)C)nc3ccc(Br)cc3c2=O)ccc1OCc1ccc(Br)cc1. The molecule has 4 rings (SSSR count). The molecule has 1 aromatic heterocycles. The summed E-state index contributed by atoms with van der Waals surface area (Å²) in [4.78, 5) is 18.1. The fourth-order valence-corrected chi connectivity index (χ4v) is 4.12. The first kappa shape index (κ1) is 25.1. The van der Waals surface area contributed by atoms with Crippen LogP contribution in [-0.4, -0.2) is 23.0 Å². The Bertz CT molecular complexity index is 1460. The van der Waals surface area contributed by atoms with Gasteiger partial charge in [0, 0.05) is 14.4 Å². The van der Waals surface area contributed by atoms with Crippen LogP contribution in [0.15, 0.2) is 79.5 Å². The maximum absolute atomic E-state index is 13.3. The summed E-state index contributed by atoms with van der Waals surface area (Å²) in [5, 5.41) is 5.03. The highest BCUT2D eigenvalue weighted by atomic mass is 79.9. The van der Waals surface area contributed by atoms with E-state index in [0.29, 0.717) is 34.8 Å². The average molecular weight is 599 g/mol. The molecule has 0 fully saturated rings. The fraction of sp³-hybridized carbons (Fsp3) is 0.222. The number of hydrogen-bond donors (Lipinski definition) is 0. The van der Waals surface area contributed by atoms with E-state index in [2.05, 4.69) is 37.0 Å². The second kappa shape index (κ2) is 10.3. The standard InChI is InChI=1S/C27H25Br2N3O3/c1-27(2,3)26-31-22-11-10-20(29)14-21(22)25(33)32(26)30-15-18-7-12-23(24(13-18)34-4)35-16-17-5-8-19(28)9-6-17/h5-15H,16H2,1-4H3. The average Bonchev–Trinajstić information content (AvgIpc) is 2.83. The zero-order valence-electron chi connectivity index (χ0n) is 19.9. The second-order valence-electron chi connectivity index (χ2n) is 9.03. The van der Waals surface area contributed by atoms with Gasteiger partial charge >= 0.3 is 0 Å². The molecule has 0 unspecified atom stereocenters. The van der Waals surface area contributed by atoms with Crippen molar-refractivity contribution in [1.29, 1.82) is 0 Å². The number of benzene rings is 3. The van der Waals surface area contributed by atoms with Crippen LogP contribution in [-0.2, 0) is 12.0 Å². The Morgan fingerprint density at radius 1 is 0.971 bits per heavy atom. The summed E-state index contributed by atoms with van der Waals surface area (Å²) in [7, 11) is 1.59. The lowest BCUT2D eigenvalue weighted by molar-refractivity contribution is 0.284. The molecule has 0 radical (unpaired) electrons. The van der Waals surface area contributed by atoms with E-state index in [1.54, 1.807) is 19.4 Å². The van der Waals surface area contributed by atoms with Gasteiger partial charge in [0.2, 0.25) is 0 Å². The van der Waals surface area contributed by atoms with Gasteiger partial charge in [0.15, 0.2) is 11.5 Å². The molecule has 8 heteroatoms. The molecule has 0 aliphatic rings. The summed E-state index contributed by atoms with van der Waals surface area (Å²) in [6.45, 7) is 6.43. The minimum Gasteiger partial charge on any atom is -0.493 e. The Hall–Kier alpha value is -2.97. The van der Waals surface area contributed by atoms with Crippen LogP contribution in [0.1, 0.15) is 37.7 Å². The van der Waals surface area contributed by atoms with Crippen molar-refractivity contribution in [3.05, 3.63) is 96.9 Å². The molecule has 3 aromatic carbocycles. The zero-order chi connectivity index (χ0) is 25.2. The number of ether oxygens (including phenoxy) is 2. The highest BCUT2D eigenvalue weighted by Crippen LogP contribution is 2.29. The van der Waals surface area contributed by atoms with Gasteiger partial charge in [0.05, 0.1) is 24.2 Å². The number of rotatable bonds is 6. The Morgan fingerprint density at radius 2 is 1.69 bits per heavy atom. The van der Waals surface area contributed by atoms with Crippen molar-refractivity contribution in [1.82, 2.24) is 9.66 Å². The molecule has 0 amide bonds. The van der Waals surface area contributed by atoms with Crippen LogP contribution in [0.5, 0.6) is 11.5 Å². The van der Waals surface area contributed by atoms with Crippen molar-refractivity contribution < 1.29 is 9.47 Å². The predicted molar refractivity (Wildman–Crippen MR) is 147 cm³/mol. The zero-order valence-corrected chi connectivity index (χ0v) is 23.1. The minimum absolute atomic E-state index is 0.223. The maximum atomic E-state index is 13.3. The van der Waals surface area contributed by atoms with E-state index in [0.717, 1.165) is 20.1 Å². The van der Waals surface area contributed by atoms with Crippen LogP contribution in [0.25, 0.3) is 10.9 Å². The molecule has 0 N–H and O–H groups in total. The van der Waals surface area contributed by atoms with Gasteiger partial charge in [-0.1, -0.05) is 64.8 Å². The summed E-state index contributed by atoms with van der Waals surface area (Å²) in [5.41, 5.74) is 1.84. The molecule has 0 saturated carbocycles. The van der Waals surface area contributed by atoms with Gasteiger partial charge in [0.1, 0.15) is 12.4 Å². The Morgan fingerprint density at radius 3 is 2.37 bits per heavy atom. The van der Waals surface area contributed by atoms with Gasteiger partial charge < -0.3 is 9.47 Å². The molecular formula is C27H25Br2N3O3. The quantitative estimate of drug-likeness (QED) is 0.232. The number of fused-ring (bicyclic) bond motifs is 1. The number of halogens is 2. The first-order valence-electron chi connectivity index (χ1n) is 11.0. The van der Waals surface area contributed by atoms with Gasteiger partial charge in [0.25, 0.3) is 5.56 Å². The summed E-state index contributed by atoms with van der Waals surface area (Å²) in [6.07, 6.45) is 1.63. The molecule has 0 atom stereocenters. The number of hydrogen-bond acceptors (Lipinski definition) is 5. The molecule has 6 nitrogen and oxygen atoms in total. The van der Waals surface area contributed by atoms with Crippen molar-refractivity contribution >= 4 is 49.0 Å². The third kappa shape index (κ3) is 5.82. The van der Waals surface area contributed by atoms with E-state index < -0.39 is 0 Å². The minimum atomic E-state index is -0.389. The molecule has 0 aliphatic heterocycles. The van der Waals surface area contributed by atoms with Gasteiger partial charge in [-0.05, 0) is 59.7 Å². The number of methoxy groups -OCH3 is 1. The van der Waals surface area contributed by atoms with Crippen molar-refractivity contribution in [3.8, 4) is 11.5 Å². The van der Waals surface area contributed by atoms with Crippen LogP contribution in [0.2, 0.25) is 0 Å². The highest BCUT2D eigenvalue weighted by Gasteiger charge is 2.23. The normalized spacial score (nSPS) is 11.8. The third-order valence-electron chi connectivity index (χ3n) is 5.30. The molecule has 0 bridgehead atoms. The summed E-state index contributed by atoms with van der Waals surface area (Å²) < 4.78 is 14.7. The van der Waals surface area contributed by atoms with E-state index in [9.17, 15) is 4.79 Å². The molecule has 180 valence electrons. The molecule has 4 aromatic rings. The lowest BCUT2D eigenvalue weighted by atomic mass is 9.95. The van der Waals surface area contributed by atoms with Crippen LogP contribution < -0.4 is 15.0 Å². The van der Waals surface area contributed by atoms with Crippen molar-refractivity contribution in [2.24, 2.45) is 5.10 Å². The number of aromatic nitrogens is 2. The summed E-state index contributed by atoms with van der Waals surface area (Å²) in [5.74, 6) is 1.78. The van der Waals surface area contributed by atoms with Crippen molar-refractivity contribution in [2.75, 3.05) is 7.11 Å². The van der Waals surface area contributed by atoms with Gasteiger partial charge in [-0.25, -0.2) is 4.98 Å². The first-order chi connectivity index (χ1) is 16.7. The van der Waals surface area contributed by atoms with Crippen LogP contribution in [0.4, 0.5) is 0 Å². The largest absolute Gasteiger partial charge is 0.493 e. The lowest BCUT2D eigenvalue weighted by Gasteiger charge is -2.20. The van der Waals surface area contributed by atoms with Gasteiger partial charge in [-0.3, -0.25) is 4.79 Å². The van der Waals surface area contributed by atoms with E-state index >= 15 is 0 Å². The van der Waals surface area contributed by atoms with E-state index in [-0.39, 0.29) is 11.0 Å². The molecule has 1 heterocycles. The van der Waals surface area contributed by atoms with Crippen LogP contribution in [0, 0.1) is 0 Å². The van der Waals surface area contributed by atoms with Crippen LogP contribution >= 0.6 is 31.9 Å². The predicted octanol–water partition coefficient (Wildman–Crippen LogP) is 6.69. The molecule has 0 saturated heterocycles. The third-order valence-corrected chi connectivity index (χ3v) is 6.32. The molecule has 0 aliphatic carbocycles. The smallest absolute Gasteiger partial charge is 0.282 e. The monoisotopic (exact) mass is 597 g/mol. The number of nitrogens with zero attached hydrogens (tertiary/aromatic N) is 3. The van der Waals surface area contributed by atoms with E-state index in [1.165, 1.54) is 4.68 Å². The Kier molecular flexibility index (Phi) is 7.42. The van der Waals surface area contributed by atoms with E-state index in [4.69, 9.17) is 14.5 Å². The van der Waals surface area contributed by atoms with Crippen LogP contribution in [0.3, 0.4) is 0 Å². The Labute approximate surface area is 220 Å². The van der Waals surface area contributed by atoms with Crippen molar-refractivity contribution in [2.45, 2.75) is 32.8 Å². The highest BCUT2D eigenvalue weighted by molar-refractivity contribution is 9.10. The topological polar surface area (TPSA) is 65.7 Å². The first-order valence-corrected chi connectivity index (χ1v) is 12.6. The maximum Gasteiger partial charge on any atom is 0.282 e. The van der Waals surface area contributed by atoms with Gasteiger partial charge in [-0.2, -0.15) is 9.78 Å².